The van der Waals surface area contributed by atoms with E-state index in [4.69, 9.17) is 10.5 Å². The van der Waals surface area contributed by atoms with E-state index in [0.29, 0.717) is 5.92 Å². The SMILES string of the molecule is CC(N)[C@H]1CC[C@H](n2cc(NC(=O)OC(C)(C)C)c(C(F)F)n2)CC1. The predicted octanol–water partition coefficient (Wildman–Crippen LogP) is 4.25. The van der Waals surface area contributed by atoms with Gasteiger partial charge in [0.25, 0.3) is 6.43 Å². The second-order valence-electron chi connectivity index (χ2n) is 7.76. The smallest absolute Gasteiger partial charge is 0.412 e. The fourth-order valence-corrected chi connectivity index (χ4v) is 3.16. The molecule has 1 aromatic rings. The first kappa shape index (κ1) is 19.6. The molecule has 1 heterocycles. The van der Waals surface area contributed by atoms with Gasteiger partial charge >= 0.3 is 6.09 Å². The molecule has 1 unspecified atom stereocenters. The fraction of sp³-hybridized carbons (Fsp3) is 0.765. The van der Waals surface area contributed by atoms with Crippen LogP contribution in [-0.2, 0) is 4.74 Å². The van der Waals surface area contributed by atoms with Gasteiger partial charge in [-0.25, -0.2) is 13.6 Å². The molecule has 6 nitrogen and oxygen atoms in total. The number of ether oxygens (including phenoxy) is 1. The maximum atomic E-state index is 13.3. The normalized spacial score (nSPS) is 22.7. The molecule has 3 N–H and O–H groups in total. The number of nitrogens with one attached hydrogen (secondary N) is 1. The second-order valence-corrected chi connectivity index (χ2v) is 7.76. The summed E-state index contributed by atoms with van der Waals surface area (Å²) in [5, 5.41) is 6.41. The Morgan fingerprint density at radius 3 is 2.44 bits per heavy atom. The Morgan fingerprint density at radius 2 is 1.96 bits per heavy atom. The molecular weight excluding hydrogens is 330 g/mol. The lowest BCUT2D eigenvalue weighted by atomic mass is 9.82. The topological polar surface area (TPSA) is 82.2 Å². The van der Waals surface area contributed by atoms with Gasteiger partial charge in [-0.3, -0.25) is 10.00 Å². The van der Waals surface area contributed by atoms with Crippen LogP contribution < -0.4 is 11.1 Å². The molecule has 1 aromatic heterocycles. The summed E-state index contributed by atoms with van der Waals surface area (Å²) in [6.45, 7) is 7.12. The van der Waals surface area contributed by atoms with Crippen LogP contribution in [0.5, 0.6) is 0 Å². The number of alkyl halides is 2. The quantitative estimate of drug-likeness (QED) is 0.843. The van der Waals surface area contributed by atoms with Gasteiger partial charge in [-0.05, 0) is 59.3 Å². The van der Waals surface area contributed by atoms with E-state index in [2.05, 4.69) is 10.4 Å². The number of amides is 1. The highest BCUT2D eigenvalue weighted by Crippen LogP contribution is 2.35. The Kier molecular flexibility index (Phi) is 6.03. The molecule has 0 bridgehead atoms. The number of carbonyl (C=O) groups is 1. The molecule has 1 fully saturated rings. The summed E-state index contributed by atoms with van der Waals surface area (Å²) in [6, 6.07) is 0.182. The predicted molar refractivity (Wildman–Crippen MR) is 91.7 cm³/mol. The Morgan fingerprint density at radius 1 is 1.36 bits per heavy atom. The van der Waals surface area contributed by atoms with Gasteiger partial charge in [0.1, 0.15) is 5.60 Å². The summed E-state index contributed by atoms with van der Waals surface area (Å²) in [5.74, 6) is 0.459. The lowest BCUT2D eigenvalue weighted by molar-refractivity contribution is 0.0635. The van der Waals surface area contributed by atoms with Crippen LogP contribution in [-0.4, -0.2) is 27.5 Å². The van der Waals surface area contributed by atoms with Gasteiger partial charge < -0.3 is 10.5 Å². The van der Waals surface area contributed by atoms with Crippen molar-refractivity contribution in [3.63, 3.8) is 0 Å². The third-order valence-corrected chi connectivity index (χ3v) is 4.46. The van der Waals surface area contributed by atoms with Gasteiger partial charge in [-0.15, -0.1) is 0 Å². The van der Waals surface area contributed by atoms with Gasteiger partial charge in [-0.2, -0.15) is 5.10 Å². The maximum absolute atomic E-state index is 13.3. The standard InChI is InChI=1S/C17H28F2N4O2/c1-10(20)11-5-7-12(8-6-11)23-9-13(14(22-23)15(18)19)21-16(24)25-17(2,3)4/h9-12,15H,5-8,20H2,1-4H3,(H,21,24)/t10?,11-,12-. The van der Waals surface area contributed by atoms with Crippen LogP contribution in [0.1, 0.15) is 71.5 Å². The number of hydrogen-bond acceptors (Lipinski definition) is 4. The van der Waals surface area contributed by atoms with Crippen molar-refractivity contribution in [1.82, 2.24) is 9.78 Å². The van der Waals surface area contributed by atoms with Crippen molar-refractivity contribution < 1.29 is 18.3 Å². The highest BCUT2D eigenvalue weighted by molar-refractivity contribution is 5.85. The molecule has 1 atom stereocenters. The molecule has 1 aliphatic rings. The van der Waals surface area contributed by atoms with Crippen LogP contribution in [0.4, 0.5) is 19.3 Å². The van der Waals surface area contributed by atoms with Gasteiger partial charge in [0, 0.05) is 12.2 Å². The molecule has 0 spiro atoms. The molecule has 1 saturated carbocycles. The largest absolute Gasteiger partial charge is 0.444 e. The number of nitrogens with zero attached hydrogens (tertiary/aromatic N) is 2. The van der Waals surface area contributed by atoms with E-state index in [9.17, 15) is 13.6 Å². The lowest BCUT2D eigenvalue weighted by Crippen LogP contribution is -2.31. The van der Waals surface area contributed by atoms with E-state index in [1.54, 1.807) is 25.5 Å². The van der Waals surface area contributed by atoms with E-state index in [0.717, 1.165) is 25.7 Å². The van der Waals surface area contributed by atoms with Crippen molar-refractivity contribution in [3.8, 4) is 0 Å². The Bertz CT molecular complexity index is 588. The molecule has 1 amide bonds. The third-order valence-electron chi connectivity index (χ3n) is 4.46. The van der Waals surface area contributed by atoms with Crippen molar-refractivity contribution >= 4 is 11.8 Å². The number of hydrogen-bond donors (Lipinski definition) is 2. The summed E-state index contributed by atoms with van der Waals surface area (Å²) >= 11 is 0. The first-order valence-corrected chi connectivity index (χ1v) is 8.69. The molecule has 2 rings (SSSR count). The molecule has 8 heteroatoms. The Hall–Kier alpha value is -1.70. The summed E-state index contributed by atoms with van der Waals surface area (Å²) < 4.78 is 33.2. The van der Waals surface area contributed by atoms with Crippen molar-refractivity contribution in [2.24, 2.45) is 11.7 Å². The first-order chi connectivity index (χ1) is 11.6. The molecule has 0 saturated heterocycles. The number of rotatable bonds is 4. The first-order valence-electron chi connectivity index (χ1n) is 8.69. The minimum Gasteiger partial charge on any atom is -0.444 e. The molecule has 142 valence electrons. The summed E-state index contributed by atoms with van der Waals surface area (Å²) in [5.41, 5.74) is 4.80. The van der Waals surface area contributed by atoms with Crippen LogP contribution in [0, 0.1) is 5.92 Å². The number of nitrogens with two attached hydrogens (primary N) is 1. The minimum absolute atomic E-state index is 0.00133. The monoisotopic (exact) mass is 358 g/mol. The highest BCUT2D eigenvalue weighted by atomic mass is 19.3. The van der Waals surface area contributed by atoms with Gasteiger partial charge in [0.2, 0.25) is 0 Å². The number of halogens is 2. The van der Waals surface area contributed by atoms with Crippen LogP contribution in [0.25, 0.3) is 0 Å². The number of anilines is 1. The molecule has 0 aliphatic heterocycles. The van der Waals surface area contributed by atoms with Crippen LogP contribution in [0.3, 0.4) is 0 Å². The summed E-state index contributed by atoms with van der Waals surface area (Å²) in [7, 11) is 0. The van der Waals surface area contributed by atoms with E-state index in [1.807, 2.05) is 6.92 Å². The summed E-state index contributed by atoms with van der Waals surface area (Å²) in [4.78, 5) is 11.9. The Balaban J connectivity index is 2.10. The molecule has 0 aromatic carbocycles. The van der Waals surface area contributed by atoms with E-state index in [1.165, 1.54) is 6.20 Å². The molecule has 1 aliphatic carbocycles. The Labute approximate surface area is 147 Å². The zero-order chi connectivity index (χ0) is 18.8. The highest BCUT2D eigenvalue weighted by Gasteiger charge is 2.28. The average Bonchev–Trinajstić information content (AvgIpc) is 2.89. The number of aromatic nitrogens is 2. The number of carbonyl (C=O) groups excluding carboxylic acids is 1. The van der Waals surface area contributed by atoms with Crippen LogP contribution >= 0.6 is 0 Å². The van der Waals surface area contributed by atoms with Crippen molar-refractivity contribution in [2.45, 2.75) is 77.5 Å². The van der Waals surface area contributed by atoms with Crippen molar-refractivity contribution in [2.75, 3.05) is 5.32 Å². The zero-order valence-electron chi connectivity index (χ0n) is 15.3. The lowest BCUT2D eigenvalue weighted by Gasteiger charge is -2.30. The second kappa shape index (κ2) is 7.68. The van der Waals surface area contributed by atoms with Crippen molar-refractivity contribution in [3.05, 3.63) is 11.9 Å². The molecule has 0 radical (unpaired) electrons. The minimum atomic E-state index is -2.77. The van der Waals surface area contributed by atoms with Crippen molar-refractivity contribution in [1.29, 1.82) is 0 Å². The fourth-order valence-electron chi connectivity index (χ4n) is 3.16. The van der Waals surface area contributed by atoms with Crippen LogP contribution in [0.2, 0.25) is 0 Å². The van der Waals surface area contributed by atoms with E-state index >= 15 is 0 Å². The molecule has 25 heavy (non-hydrogen) atoms. The zero-order valence-corrected chi connectivity index (χ0v) is 15.3. The average molecular weight is 358 g/mol. The van der Waals surface area contributed by atoms with E-state index in [-0.39, 0.29) is 17.8 Å². The summed E-state index contributed by atoms with van der Waals surface area (Å²) in [6.07, 6.45) is 1.50. The third kappa shape index (κ3) is 5.39. The van der Waals surface area contributed by atoms with E-state index < -0.39 is 23.8 Å². The molecular formula is C17H28F2N4O2. The van der Waals surface area contributed by atoms with Gasteiger partial charge in [-0.1, -0.05) is 0 Å². The maximum Gasteiger partial charge on any atom is 0.412 e. The van der Waals surface area contributed by atoms with Gasteiger partial charge in [0.05, 0.1) is 11.7 Å². The van der Waals surface area contributed by atoms with Crippen LogP contribution in [0.15, 0.2) is 6.20 Å². The van der Waals surface area contributed by atoms with Gasteiger partial charge in [0.15, 0.2) is 5.69 Å².